The summed E-state index contributed by atoms with van der Waals surface area (Å²) in [4.78, 5) is 58.9. The summed E-state index contributed by atoms with van der Waals surface area (Å²) in [5.41, 5.74) is 5.91. The number of oxime groups is 1. The number of thiazole rings is 1. The molecule has 0 saturated carbocycles. The molecule has 1 aromatic heterocycles. The Kier molecular flexibility index (Phi) is 7.75. The normalized spacial score (nSPS) is 20.6. The molecular formula is C18H21N5O8S2. The maximum Gasteiger partial charge on any atom is 0.511 e. The summed E-state index contributed by atoms with van der Waals surface area (Å²) in [5, 5.41) is 7.68. The van der Waals surface area contributed by atoms with Gasteiger partial charge in [-0.05, 0) is 6.92 Å². The fourth-order valence-corrected chi connectivity index (χ4v) is 4.66. The van der Waals surface area contributed by atoms with Gasteiger partial charge in [0.15, 0.2) is 10.8 Å². The summed E-state index contributed by atoms with van der Waals surface area (Å²) in [6.07, 6.45) is -0.771. The third-order valence-electron chi connectivity index (χ3n) is 4.29. The molecule has 2 amide bonds. The van der Waals surface area contributed by atoms with Gasteiger partial charge >= 0.3 is 12.1 Å². The van der Waals surface area contributed by atoms with Crippen molar-refractivity contribution in [2.75, 3.05) is 25.2 Å². The number of amides is 2. The topological polar surface area (TPSA) is 172 Å². The highest BCUT2D eigenvalue weighted by Gasteiger charge is 2.50. The van der Waals surface area contributed by atoms with Crippen LogP contribution in [-0.4, -0.2) is 76.7 Å². The van der Waals surface area contributed by atoms with Crippen molar-refractivity contribution in [2.45, 2.75) is 31.6 Å². The minimum absolute atomic E-state index is 0.118. The molecular weight excluding hydrogens is 478 g/mol. The first kappa shape index (κ1) is 24.3. The van der Waals surface area contributed by atoms with Crippen LogP contribution in [-0.2, 0) is 33.4 Å². The number of nitrogens with zero attached hydrogens (tertiary/aromatic N) is 3. The smallest absolute Gasteiger partial charge is 0.435 e. The second-order valence-electron chi connectivity index (χ2n) is 6.52. The third-order valence-corrected chi connectivity index (χ3v) is 6.29. The molecule has 2 unspecified atom stereocenters. The van der Waals surface area contributed by atoms with Crippen LogP contribution in [0.2, 0.25) is 0 Å². The molecule has 33 heavy (non-hydrogen) atoms. The van der Waals surface area contributed by atoms with Crippen molar-refractivity contribution in [1.82, 2.24) is 15.2 Å². The van der Waals surface area contributed by atoms with Gasteiger partial charge in [-0.15, -0.1) is 23.1 Å². The Bertz CT molecular complexity index is 1010. The van der Waals surface area contributed by atoms with Gasteiger partial charge in [-0.25, -0.2) is 14.6 Å². The van der Waals surface area contributed by atoms with Crippen molar-refractivity contribution in [3.8, 4) is 0 Å². The molecule has 0 aromatic carbocycles. The molecule has 3 rings (SSSR count). The van der Waals surface area contributed by atoms with Gasteiger partial charge in [-0.3, -0.25) is 9.59 Å². The van der Waals surface area contributed by atoms with Gasteiger partial charge in [-0.1, -0.05) is 5.16 Å². The fourth-order valence-electron chi connectivity index (χ4n) is 2.86. The number of rotatable bonds is 8. The van der Waals surface area contributed by atoms with Gasteiger partial charge in [0.2, 0.25) is 6.29 Å². The second kappa shape index (κ2) is 10.5. The number of β-lactam (4-membered cyclic amide) rings is 1. The molecule has 3 N–H and O–H groups in total. The number of hydrogen-bond donors (Lipinski definition) is 2. The predicted octanol–water partition coefficient (Wildman–Crippen LogP) is 0.422. The highest BCUT2D eigenvalue weighted by molar-refractivity contribution is 8.00. The van der Waals surface area contributed by atoms with Crippen molar-refractivity contribution in [1.29, 1.82) is 0 Å². The minimum atomic E-state index is -1.17. The Balaban J connectivity index is 1.59. The summed E-state index contributed by atoms with van der Waals surface area (Å²) in [5.74, 6) is -1.60. The van der Waals surface area contributed by atoms with Crippen LogP contribution < -0.4 is 11.1 Å². The zero-order valence-corrected chi connectivity index (χ0v) is 19.4. The van der Waals surface area contributed by atoms with Gasteiger partial charge in [0.1, 0.15) is 24.2 Å². The first-order valence-corrected chi connectivity index (χ1v) is 11.5. The molecule has 2 aliphatic heterocycles. The van der Waals surface area contributed by atoms with Crippen molar-refractivity contribution in [2.24, 2.45) is 5.16 Å². The zero-order chi connectivity index (χ0) is 24.1. The van der Waals surface area contributed by atoms with Gasteiger partial charge in [-0.2, -0.15) is 0 Å². The van der Waals surface area contributed by atoms with Crippen LogP contribution in [0.25, 0.3) is 0 Å². The van der Waals surface area contributed by atoms with Crippen LogP contribution in [0.4, 0.5) is 9.93 Å². The number of esters is 1. The number of carbonyl (C=O) groups excluding carboxylic acids is 4. The van der Waals surface area contributed by atoms with E-state index in [-0.39, 0.29) is 34.5 Å². The molecule has 2 aliphatic rings. The highest BCUT2D eigenvalue weighted by Crippen LogP contribution is 2.36. The lowest BCUT2D eigenvalue weighted by molar-refractivity contribution is -0.163. The fraction of sp³-hybridized carbons (Fsp3) is 0.444. The minimum Gasteiger partial charge on any atom is -0.435 e. The molecule has 178 valence electrons. The lowest BCUT2D eigenvalue weighted by Crippen LogP contribution is -2.69. The number of nitrogens with two attached hydrogens (primary N) is 1. The lowest BCUT2D eigenvalue weighted by atomic mass is 10.1. The SMILES string of the molecule is CCOC(=O)OC(C)OC(=O)C1=CN2C(=O)C(NC(=O)C(=NOC)c3csc(N)n3)[C@H]2SC1. The van der Waals surface area contributed by atoms with Crippen LogP contribution in [0.1, 0.15) is 19.5 Å². The lowest BCUT2D eigenvalue weighted by Gasteiger charge is -2.47. The van der Waals surface area contributed by atoms with E-state index in [2.05, 4.69) is 20.2 Å². The molecule has 15 heteroatoms. The van der Waals surface area contributed by atoms with Crippen LogP contribution in [0, 0.1) is 0 Å². The Morgan fingerprint density at radius 1 is 1.39 bits per heavy atom. The van der Waals surface area contributed by atoms with E-state index < -0.39 is 41.6 Å². The van der Waals surface area contributed by atoms with Crippen molar-refractivity contribution >= 4 is 57.9 Å². The molecule has 1 fully saturated rings. The van der Waals surface area contributed by atoms with Crippen LogP contribution in [0.5, 0.6) is 0 Å². The average molecular weight is 500 g/mol. The van der Waals surface area contributed by atoms with Crippen LogP contribution in [0.15, 0.2) is 22.3 Å². The first-order chi connectivity index (χ1) is 15.7. The average Bonchev–Trinajstić information content (AvgIpc) is 3.20. The van der Waals surface area contributed by atoms with Crippen molar-refractivity contribution in [3.63, 3.8) is 0 Å². The number of thioether (sulfide) groups is 1. The zero-order valence-electron chi connectivity index (χ0n) is 17.8. The van der Waals surface area contributed by atoms with E-state index in [0.29, 0.717) is 0 Å². The van der Waals surface area contributed by atoms with Crippen LogP contribution in [0.3, 0.4) is 0 Å². The Hall–Kier alpha value is -3.33. The quantitative estimate of drug-likeness (QED) is 0.167. The van der Waals surface area contributed by atoms with E-state index in [0.717, 1.165) is 11.3 Å². The molecule has 3 atom stereocenters. The monoisotopic (exact) mass is 499 g/mol. The number of hydrogen-bond acceptors (Lipinski definition) is 13. The van der Waals surface area contributed by atoms with Gasteiger partial charge in [0, 0.05) is 24.3 Å². The molecule has 0 bridgehead atoms. The summed E-state index contributed by atoms with van der Waals surface area (Å²) >= 11 is 2.39. The maximum absolute atomic E-state index is 12.7. The molecule has 1 aromatic rings. The van der Waals surface area contributed by atoms with Gasteiger partial charge < -0.3 is 35.0 Å². The number of anilines is 1. The van der Waals surface area contributed by atoms with E-state index >= 15 is 0 Å². The molecule has 13 nitrogen and oxygen atoms in total. The molecule has 1 saturated heterocycles. The van der Waals surface area contributed by atoms with Crippen LogP contribution >= 0.6 is 23.1 Å². The summed E-state index contributed by atoms with van der Waals surface area (Å²) in [6.45, 7) is 3.09. The van der Waals surface area contributed by atoms with E-state index in [1.165, 1.54) is 36.9 Å². The van der Waals surface area contributed by atoms with Gasteiger partial charge in [0.25, 0.3) is 11.8 Å². The molecule has 0 aliphatic carbocycles. The Morgan fingerprint density at radius 3 is 2.79 bits per heavy atom. The Morgan fingerprint density at radius 2 is 2.15 bits per heavy atom. The van der Waals surface area contributed by atoms with Crippen molar-refractivity contribution in [3.05, 3.63) is 22.8 Å². The number of carbonyl (C=O) groups is 4. The number of fused-ring (bicyclic) bond motifs is 1. The Labute approximate surface area is 196 Å². The molecule has 0 spiro atoms. The van der Waals surface area contributed by atoms with Gasteiger partial charge in [0.05, 0.1) is 12.2 Å². The standard InChI is InChI=1S/C18H21N5O8S2/c1-4-29-18(27)31-8(2)30-16(26)9-5-23-14(25)12(15(23)32-6-9)21-13(24)11(22-28-3)10-7-33-17(19)20-10/h5,7-8,12,15H,4,6H2,1-3H3,(H2,19,20)(H,21,24)/t8?,12?,15-/m1/s1. The largest absolute Gasteiger partial charge is 0.511 e. The highest BCUT2D eigenvalue weighted by atomic mass is 32.2. The predicted molar refractivity (Wildman–Crippen MR) is 117 cm³/mol. The maximum atomic E-state index is 12.7. The summed E-state index contributed by atoms with van der Waals surface area (Å²) in [7, 11) is 1.28. The van der Waals surface area contributed by atoms with E-state index in [9.17, 15) is 19.2 Å². The summed E-state index contributed by atoms with van der Waals surface area (Å²) in [6, 6.07) is -0.833. The summed E-state index contributed by atoms with van der Waals surface area (Å²) < 4.78 is 14.4. The molecule has 3 heterocycles. The van der Waals surface area contributed by atoms with E-state index in [1.807, 2.05) is 0 Å². The third kappa shape index (κ3) is 5.54. The second-order valence-corrected chi connectivity index (χ2v) is 8.51. The number of ether oxygens (including phenoxy) is 3. The molecule has 0 radical (unpaired) electrons. The number of aromatic nitrogens is 1. The van der Waals surface area contributed by atoms with Crippen molar-refractivity contribution < 1.29 is 38.2 Å². The number of nitrogen functional groups attached to an aromatic ring is 1. The first-order valence-electron chi connectivity index (χ1n) is 9.57. The van der Waals surface area contributed by atoms with E-state index in [1.54, 1.807) is 12.3 Å². The number of nitrogens with one attached hydrogen (secondary N) is 1. The van der Waals surface area contributed by atoms with E-state index in [4.69, 9.17) is 20.0 Å².